The lowest BCUT2D eigenvalue weighted by atomic mass is 9.97. The fourth-order valence-corrected chi connectivity index (χ4v) is 5.28. The summed E-state index contributed by atoms with van der Waals surface area (Å²) in [6.07, 6.45) is 0.228. The topological polar surface area (TPSA) is 231 Å². The molecule has 6 amide bonds. The maximum absolute atomic E-state index is 13.7. The first kappa shape index (κ1) is 34.8. The molecule has 0 spiro atoms. The van der Waals surface area contributed by atoms with E-state index in [-0.39, 0.29) is 32.2 Å². The highest BCUT2D eigenvalue weighted by molar-refractivity contribution is 6.27. The summed E-state index contributed by atoms with van der Waals surface area (Å²) in [7, 11) is 0. The van der Waals surface area contributed by atoms with Crippen molar-refractivity contribution in [3.8, 4) is 0 Å². The van der Waals surface area contributed by atoms with Gasteiger partial charge < -0.3 is 37.4 Å². The standard InChI is InChI=1S/C30H37ClN6O8/c31-16-25(39)34-22(15-26(40)41)30(45)37-12-4-3-7-23(37)29(44)36-21(28(43)35-20(27(33)42)10-11-24(32)38)14-17-8-9-18-5-1-2-6-19(18)13-17/h1-2,5-6,8-9,13,20-23H,3-4,7,10-12,14-16H2,(H2,32,38)(H2,33,42)(H,34,39)(H,35,43)(H,36,44)(H,40,41)/t20-,21-,22-,23-/m0/s1. The molecular weight excluding hydrogens is 608 g/mol. The molecule has 0 aliphatic carbocycles. The van der Waals surface area contributed by atoms with Crippen LogP contribution in [0.15, 0.2) is 42.5 Å². The van der Waals surface area contributed by atoms with Gasteiger partial charge in [-0.15, -0.1) is 11.6 Å². The number of alkyl halides is 1. The number of carbonyl (C=O) groups excluding carboxylic acids is 6. The van der Waals surface area contributed by atoms with E-state index in [9.17, 15) is 38.7 Å². The number of benzene rings is 2. The summed E-state index contributed by atoms with van der Waals surface area (Å²) >= 11 is 5.54. The first-order valence-electron chi connectivity index (χ1n) is 14.4. The third-order valence-corrected chi connectivity index (χ3v) is 7.69. The zero-order chi connectivity index (χ0) is 33.1. The van der Waals surface area contributed by atoms with Gasteiger partial charge in [0.1, 0.15) is 30.0 Å². The van der Waals surface area contributed by atoms with Crippen LogP contribution < -0.4 is 27.4 Å². The number of nitrogens with zero attached hydrogens (tertiary/aromatic N) is 1. The molecule has 8 N–H and O–H groups in total. The minimum atomic E-state index is -1.46. The van der Waals surface area contributed by atoms with Crippen LogP contribution in [-0.2, 0) is 40.0 Å². The highest BCUT2D eigenvalue weighted by Gasteiger charge is 2.38. The van der Waals surface area contributed by atoms with Gasteiger partial charge in [0.2, 0.25) is 35.4 Å². The van der Waals surface area contributed by atoms with Gasteiger partial charge in [0.25, 0.3) is 0 Å². The number of carboxylic acids is 1. The van der Waals surface area contributed by atoms with Crippen molar-refractivity contribution >= 4 is 63.8 Å². The molecule has 0 bridgehead atoms. The minimum absolute atomic E-state index is 0.00219. The molecule has 0 aromatic heterocycles. The second kappa shape index (κ2) is 16.4. The van der Waals surface area contributed by atoms with Crippen molar-refractivity contribution in [1.29, 1.82) is 0 Å². The number of rotatable bonds is 15. The van der Waals surface area contributed by atoms with Crippen molar-refractivity contribution in [3.63, 3.8) is 0 Å². The number of primary amides is 2. The SMILES string of the molecule is NC(=O)CC[C@H](NC(=O)[C@H](Cc1ccc2ccccc2c1)NC(=O)[C@@H]1CCCCN1C(=O)[C@H](CC(=O)O)NC(=O)CCl)C(N)=O. The van der Waals surface area contributed by atoms with Crippen LogP contribution >= 0.6 is 11.6 Å². The number of carbonyl (C=O) groups is 7. The number of nitrogens with one attached hydrogen (secondary N) is 3. The average molecular weight is 645 g/mol. The average Bonchev–Trinajstić information content (AvgIpc) is 3.01. The van der Waals surface area contributed by atoms with E-state index < -0.39 is 77.9 Å². The molecule has 14 nitrogen and oxygen atoms in total. The largest absolute Gasteiger partial charge is 0.481 e. The van der Waals surface area contributed by atoms with E-state index in [0.29, 0.717) is 18.4 Å². The van der Waals surface area contributed by atoms with Gasteiger partial charge in [-0.25, -0.2) is 0 Å². The van der Waals surface area contributed by atoms with Crippen LogP contribution in [0.2, 0.25) is 0 Å². The fourth-order valence-electron chi connectivity index (χ4n) is 5.20. The van der Waals surface area contributed by atoms with Gasteiger partial charge in [0.05, 0.1) is 6.42 Å². The predicted molar refractivity (Wildman–Crippen MR) is 163 cm³/mol. The van der Waals surface area contributed by atoms with Crippen molar-refractivity contribution in [1.82, 2.24) is 20.9 Å². The summed E-state index contributed by atoms with van der Waals surface area (Å²) in [5.41, 5.74) is 11.3. The van der Waals surface area contributed by atoms with E-state index >= 15 is 0 Å². The van der Waals surface area contributed by atoms with Crippen molar-refractivity contribution in [2.75, 3.05) is 12.4 Å². The van der Waals surface area contributed by atoms with Crippen LogP contribution in [-0.4, -0.2) is 88.0 Å². The number of amides is 6. The molecule has 3 rings (SSSR count). The lowest BCUT2D eigenvalue weighted by Crippen LogP contribution is -2.60. The van der Waals surface area contributed by atoms with Gasteiger partial charge >= 0.3 is 5.97 Å². The zero-order valence-corrected chi connectivity index (χ0v) is 25.3. The number of halogens is 1. The number of fused-ring (bicyclic) bond motifs is 1. The monoisotopic (exact) mass is 644 g/mol. The summed E-state index contributed by atoms with van der Waals surface area (Å²) in [5, 5.41) is 18.7. The maximum atomic E-state index is 13.7. The van der Waals surface area contributed by atoms with E-state index in [0.717, 1.165) is 10.8 Å². The van der Waals surface area contributed by atoms with Gasteiger partial charge in [0, 0.05) is 19.4 Å². The molecule has 0 saturated carbocycles. The molecule has 242 valence electrons. The fraction of sp³-hybridized carbons (Fsp3) is 0.433. The summed E-state index contributed by atoms with van der Waals surface area (Å²) in [6.45, 7) is 0.113. The Morgan fingerprint density at radius 2 is 1.62 bits per heavy atom. The molecule has 0 radical (unpaired) electrons. The van der Waals surface area contributed by atoms with Gasteiger partial charge in [0.15, 0.2) is 0 Å². The van der Waals surface area contributed by atoms with Crippen molar-refractivity contribution in [2.45, 2.75) is 69.1 Å². The van der Waals surface area contributed by atoms with Crippen molar-refractivity contribution in [3.05, 3.63) is 48.0 Å². The molecule has 1 aliphatic rings. The molecule has 1 fully saturated rings. The van der Waals surface area contributed by atoms with Crippen LogP contribution in [0.25, 0.3) is 10.8 Å². The maximum Gasteiger partial charge on any atom is 0.305 e. The van der Waals surface area contributed by atoms with Gasteiger partial charge in [-0.05, 0) is 42.0 Å². The minimum Gasteiger partial charge on any atom is -0.481 e. The Morgan fingerprint density at radius 1 is 0.911 bits per heavy atom. The molecule has 2 aromatic carbocycles. The summed E-state index contributed by atoms with van der Waals surface area (Å²) in [5.74, 6) is -6.38. The Morgan fingerprint density at radius 3 is 2.27 bits per heavy atom. The lowest BCUT2D eigenvalue weighted by Gasteiger charge is -2.37. The Bertz CT molecular complexity index is 1450. The second-order valence-electron chi connectivity index (χ2n) is 10.8. The smallest absolute Gasteiger partial charge is 0.305 e. The molecule has 0 unspecified atom stereocenters. The van der Waals surface area contributed by atoms with Crippen LogP contribution in [0.3, 0.4) is 0 Å². The normalized spacial score (nSPS) is 16.6. The summed E-state index contributed by atoms with van der Waals surface area (Å²) in [6, 6.07) is 8.04. The second-order valence-corrected chi connectivity index (χ2v) is 11.1. The van der Waals surface area contributed by atoms with E-state index in [1.165, 1.54) is 4.90 Å². The Balaban J connectivity index is 1.88. The zero-order valence-electron chi connectivity index (χ0n) is 24.5. The van der Waals surface area contributed by atoms with E-state index in [1.807, 2.05) is 36.4 Å². The van der Waals surface area contributed by atoms with E-state index in [4.69, 9.17) is 23.1 Å². The van der Waals surface area contributed by atoms with Crippen molar-refractivity contribution < 1.29 is 38.7 Å². The van der Waals surface area contributed by atoms with Crippen LogP contribution in [0, 0.1) is 0 Å². The first-order chi connectivity index (χ1) is 21.4. The number of likely N-dealkylation sites (tertiary alicyclic amines) is 1. The molecule has 15 heteroatoms. The highest BCUT2D eigenvalue weighted by atomic mass is 35.5. The van der Waals surface area contributed by atoms with Crippen LogP contribution in [0.1, 0.15) is 44.1 Å². The molecule has 4 atom stereocenters. The molecule has 1 saturated heterocycles. The van der Waals surface area contributed by atoms with E-state index in [2.05, 4.69) is 16.0 Å². The van der Waals surface area contributed by atoms with E-state index in [1.54, 1.807) is 6.07 Å². The van der Waals surface area contributed by atoms with Crippen molar-refractivity contribution in [2.24, 2.45) is 11.5 Å². The first-order valence-corrected chi connectivity index (χ1v) is 15.0. The third kappa shape index (κ3) is 10.2. The van der Waals surface area contributed by atoms with Gasteiger partial charge in [-0.2, -0.15) is 0 Å². The lowest BCUT2D eigenvalue weighted by molar-refractivity contribution is -0.148. The molecule has 1 heterocycles. The molecule has 1 aliphatic heterocycles. The number of carboxylic acid groups (broad SMARTS) is 1. The number of piperidine rings is 1. The molecular formula is C30H37ClN6O8. The van der Waals surface area contributed by atoms with Crippen LogP contribution in [0.5, 0.6) is 0 Å². The van der Waals surface area contributed by atoms with Gasteiger partial charge in [-0.3, -0.25) is 33.6 Å². The predicted octanol–water partition coefficient (Wildman–Crippen LogP) is -0.318. The van der Waals surface area contributed by atoms with Crippen LogP contribution in [0.4, 0.5) is 0 Å². The summed E-state index contributed by atoms with van der Waals surface area (Å²) in [4.78, 5) is 88.6. The number of hydrogen-bond donors (Lipinski definition) is 6. The highest BCUT2D eigenvalue weighted by Crippen LogP contribution is 2.21. The molecule has 45 heavy (non-hydrogen) atoms. The Labute approximate surface area is 264 Å². The number of hydrogen-bond acceptors (Lipinski definition) is 7. The van der Waals surface area contributed by atoms with Gasteiger partial charge in [-0.1, -0.05) is 42.5 Å². The number of nitrogens with two attached hydrogens (primary N) is 2. The Hall–Kier alpha value is -4.72. The number of aliphatic carboxylic acids is 1. The quantitative estimate of drug-likeness (QED) is 0.140. The Kier molecular flexibility index (Phi) is 12.7. The summed E-state index contributed by atoms with van der Waals surface area (Å²) < 4.78 is 0. The molecule has 2 aromatic rings. The third-order valence-electron chi connectivity index (χ3n) is 7.45.